The molecule has 2 heterocycles. The molecule has 0 unspecified atom stereocenters. The lowest BCUT2D eigenvalue weighted by atomic mass is 9.92. The first-order chi connectivity index (χ1) is 12.2. The van der Waals surface area contributed by atoms with E-state index in [0.717, 1.165) is 73.8 Å². The molecular formula is C19H25ClN2O3. The van der Waals surface area contributed by atoms with Crippen molar-refractivity contribution < 1.29 is 14.3 Å². The summed E-state index contributed by atoms with van der Waals surface area (Å²) in [5.41, 5.74) is 1.09. The number of piperidine rings is 1. The summed E-state index contributed by atoms with van der Waals surface area (Å²) in [6.45, 7) is 3.22. The van der Waals surface area contributed by atoms with Gasteiger partial charge in [0.05, 0.1) is 0 Å². The molecule has 0 atom stereocenters. The van der Waals surface area contributed by atoms with Crippen LogP contribution in [0.2, 0.25) is 5.02 Å². The van der Waals surface area contributed by atoms with Crippen LogP contribution >= 0.6 is 11.6 Å². The summed E-state index contributed by atoms with van der Waals surface area (Å²) >= 11 is 6.38. The molecule has 1 saturated heterocycles. The molecule has 5 nitrogen and oxygen atoms in total. The van der Waals surface area contributed by atoms with Gasteiger partial charge in [0, 0.05) is 30.1 Å². The molecule has 0 radical (unpaired) electrons. The maximum Gasteiger partial charge on any atom is 0.231 e. The first-order valence-electron chi connectivity index (χ1n) is 9.27. The molecule has 1 saturated carbocycles. The number of carbonyl (C=O) groups excluding carboxylic acids is 1. The average Bonchev–Trinajstić information content (AvgIpc) is 3.30. The monoisotopic (exact) mass is 364 g/mol. The summed E-state index contributed by atoms with van der Waals surface area (Å²) in [4.78, 5) is 14.2. The Kier molecular flexibility index (Phi) is 5.04. The summed E-state index contributed by atoms with van der Waals surface area (Å²) in [6.07, 6.45) is 6.31. The molecule has 3 aliphatic rings. The fourth-order valence-corrected chi connectivity index (χ4v) is 3.83. The number of ether oxygens (including phenoxy) is 2. The number of fused-ring (bicyclic) bond motifs is 1. The summed E-state index contributed by atoms with van der Waals surface area (Å²) in [5, 5.41) is 3.81. The first-order valence-corrected chi connectivity index (χ1v) is 9.65. The van der Waals surface area contributed by atoms with Crippen molar-refractivity contribution in [1.82, 2.24) is 10.2 Å². The van der Waals surface area contributed by atoms with Gasteiger partial charge in [0.25, 0.3) is 0 Å². The van der Waals surface area contributed by atoms with Gasteiger partial charge < -0.3 is 14.8 Å². The van der Waals surface area contributed by atoms with Gasteiger partial charge in [-0.3, -0.25) is 9.69 Å². The summed E-state index contributed by atoms with van der Waals surface area (Å²) < 4.78 is 10.8. The van der Waals surface area contributed by atoms with Gasteiger partial charge in [-0.2, -0.15) is 0 Å². The topological polar surface area (TPSA) is 50.8 Å². The van der Waals surface area contributed by atoms with E-state index in [1.807, 2.05) is 12.1 Å². The van der Waals surface area contributed by atoms with E-state index in [1.165, 1.54) is 0 Å². The SMILES string of the molecule is O=C(CCC1CCN(Cc2cc3c(cc2Cl)OCO3)CC1)NC1CC1. The van der Waals surface area contributed by atoms with E-state index >= 15 is 0 Å². The largest absolute Gasteiger partial charge is 0.454 e. The molecular weight excluding hydrogens is 340 g/mol. The van der Waals surface area contributed by atoms with Crippen LogP contribution in [0.25, 0.3) is 0 Å². The van der Waals surface area contributed by atoms with Gasteiger partial charge in [0.1, 0.15) is 0 Å². The van der Waals surface area contributed by atoms with Crippen LogP contribution in [0.3, 0.4) is 0 Å². The zero-order valence-corrected chi connectivity index (χ0v) is 15.2. The van der Waals surface area contributed by atoms with Gasteiger partial charge in [-0.1, -0.05) is 11.6 Å². The predicted octanol–water partition coefficient (Wildman–Crippen LogP) is 3.34. The second kappa shape index (κ2) is 7.42. The number of nitrogens with one attached hydrogen (secondary N) is 1. The Bertz CT molecular complexity index is 640. The molecule has 1 aromatic carbocycles. The van der Waals surface area contributed by atoms with Crippen LogP contribution in [0, 0.1) is 5.92 Å². The number of carbonyl (C=O) groups is 1. The van der Waals surface area contributed by atoms with Gasteiger partial charge in [-0.25, -0.2) is 0 Å². The Hall–Kier alpha value is -1.46. The first kappa shape index (κ1) is 17.0. The third-order valence-electron chi connectivity index (χ3n) is 5.36. The summed E-state index contributed by atoms with van der Waals surface area (Å²) in [7, 11) is 0. The maximum absolute atomic E-state index is 11.8. The zero-order valence-electron chi connectivity index (χ0n) is 14.4. The Labute approximate surface area is 153 Å². The van der Waals surface area contributed by atoms with Crippen molar-refractivity contribution in [2.75, 3.05) is 19.9 Å². The molecule has 6 heteroatoms. The molecule has 2 fully saturated rings. The van der Waals surface area contributed by atoms with Gasteiger partial charge in [-0.05, 0) is 62.7 Å². The van der Waals surface area contributed by atoms with Gasteiger partial charge >= 0.3 is 0 Å². The minimum atomic E-state index is 0.233. The van der Waals surface area contributed by atoms with E-state index in [1.54, 1.807) is 0 Å². The second-order valence-electron chi connectivity index (χ2n) is 7.40. The Morgan fingerprint density at radius 1 is 1.16 bits per heavy atom. The van der Waals surface area contributed by atoms with Crippen molar-refractivity contribution in [3.8, 4) is 11.5 Å². The number of hydrogen-bond donors (Lipinski definition) is 1. The lowest BCUT2D eigenvalue weighted by Crippen LogP contribution is -2.34. The van der Waals surface area contributed by atoms with E-state index in [0.29, 0.717) is 18.4 Å². The molecule has 1 aliphatic carbocycles. The normalized spacial score (nSPS) is 20.7. The maximum atomic E-state index is 11.8. The molecule has 1 N–H and O–H groups in total. The van der Waals surface area contributed by atoms with Crippen LogP contribution in [0.5, 0.6) is 11.5 Å². The lowest BCUT2D eigenvalue weighted by molar-refractivity contribution is -0.121. The average molecular weight is 365 g/mol. The smallest absolute Gasteiger partial charge is 0.231 e. The standard InChI is InChI=1S/C19H25ClN2O3/c20-16-10-18-17(24-12-25-18)9-14(16)11-22-7-5-13(6-8-22)1-4-19(23)21-15-2-3-15/h9-10,13,15H,1-8,11-12H2,(H,21,23). The Balaban J connectivity index is 1.23. The molecule has 136 valence electrons. The zero-order chi connectivity index (χ0) is 17.2. The quantitative estimate of drug-likeness (QED) is 0.841. The van der Waals surface area contributed by atoms with Crippen LogP contribution in [0.4, 0.5) is 0 Å². The van der Waals surface area contributed by atoms with Crippen LogP contribution < -0.4 is 14.8 Å². The molecule has 0 spiro atoms. The van der Waals surface area contributed by atoms with Crippen molar-refractivity contribution in [1.29, 1.82) is 0 Å². The van der Waals surface area contributed by atoms with E-state index in [9.17, 15) is 4.79 Å². The molecule has 0 aromatic heterocycles. The number of rotatable bonds is 6. The number of amides is 1. The number of halogens is 1. The Morgan fingerprint density at radius 3 is 2.60 bits per heavy atom. The van der Waals surface area contributed by atoms with Crippen LogP contribution in [-0.2, 0) is 11.3 Å². The van der Waals surface area contributed by atoms with Crippen molar-refractivity contribution in [2.45, 2.75) is 51.1 Å². The fourth-order valence-electron chi connectivity index (χ4n) is 3.62. The van der Waals surface area contributed by atoms with E-state index < -0.39 is 0 Å². The van der Waals surface area contributed by atoms with Crippen LogP contribution in [0.1, 0.15) is 44.1 Å². The highest BCUT2D eigenvalue weighted by Crippen LogP contribution is 2.37. The highest BCUT2D eigenvalue weighted by atomic mass is 35.5. The summed E-state index contributed by atoms with van der Waals surface area (Å²) in [6, 6.07) is 4.32. The van der Waals surface area contributed by atoms with Gasteiger partial charge in [-0.15, -0.1) is 0 Å². The van der Waals surface area contributed by atoms with Crippen molar-refractivity contribution in [3.05, 3.63) is 22.7 Å². The fraction of sp³-hybridized carbons (Fsp3) is 0.632. The third-order valence-corrected chi connectivity index (χ3v) is 5.72. The van der Waals surface area contributed by atoms with Crippen molar-refractivity contribution >= 4 is 17.5 Å². The van der Waals surface area contributed by atoms with Gasteiger partial charge in [0.2, 0.25) is 12.7 Å². The van der Waals surface area contributed by atoms with Crippen LogP contribution in [0.15, 0.2) is 12.1 Å². The number of nitrogens with zero attached hydrogens (tertiary/aromatic N) is 1. The van der Waals surface area contributed by atoms with Crippen LogP contribution in [-0.4, -0.2) is 36.7 Å². The predicted molar refractivity (Wildman–Crippen MR) is 96.0 cm³/mol. The minimum Gasteiger partial charge on any atom is -0.454 e. The van der Waals surface area contributed by atoms with Crippen molar-refractivity contribution in [3.63, 3.8) is 0 Å². The molecule has 25 heavy (non-hydrogen) atoms. The van der Waals surface area contributed by atoms with Crippen molar-refractivity contribution in [2.24, 2.45) is 5.92 Å². The highest BCUT2D eigenvalue weighted by Gasteiger charge is 2.25. The van der Waals surface area contributed by atoms with E-state index in [4.69, 9.17) is 21.1 Å². The molecule has 1 aromatic rings. The highest BCUT2D eigenvalue weighted by molar-refractivity contribution is 6.31. The Morgan fingerprint density at radius 2 is 1.88 bits per heavy atom. The molecule has 4 rings (SSSR count). The van der Waals surface area contributed by atoms with E-state index in [-0.39, 0.29) is 12.7 Å². The molecule has 2 aliphatic heterocycles. The second-order valence-corrected chi connectivity index (χ2v) is 7.80. The number of likely N-dealkylation sites (tertiary alicyclic amines) is 1. The molecule has 0 bridgehead atoms. The summed E-state index contributed by atoms with van der Waals surface area (Å²) in [5.74, 6) is 2.42. The van der Waals surface area contributed by atoms with E-state index in [2.05, 4.69) is 10.2 Å². The molecule has 1 amide bonds. The minimum absolute atomic E-state index is 0.233. The number of benzene rings is 1. The number of hydrogen-bond acceptors (Lipinski definition) is 4. The third kappa shape index (κ3) is 4.39. The van der Waals surface area contributed by atoms with Gasteiger partial charge in [0.15, 0.2) is 11.5 Å². The lowest BCUT2D eigenvalue weighted by Gasteiger charge is -2.32.